The third kappa shape index (κ3) is 5.87. The number of ether oxygens (including phenoxy) is 1. The minimum Gasteiger partial charge on any atom is -0.493 e. The van der Waals surface area contributed by atoms with Crippen LogP contribution in [0.25, 0.3) is 0 Å². The maximum atomic E-state index is 5.51. The summed E-state index contributed by atoms with van der Waals surface area (Å²) in [4.78, 5) is 0. The van der Waals surface area contributed by atoms with Crippen LogP contribution in [-0.4, -0.2) is 20.2 Å². The Morgan fingerprint density at radius 3 is 2.61 bits per heavy atom. The first-order chi connectivity index (χ1) is 8.77. The topological polar surface area (TPSA) is 21.3 Å². The second kappa shape index (κ2) is 9.40. The highest BCUT2D eigenvalue weighted by atomic mass is 79.9. The van der Waals surface area contributed by atoms with Crippen molar-refractivity contribution in [1.29, 1.82) is 0 Å². The van der Waals surface area contributed by atoms with Gasteiger partial charge in [-0.2, -0.15) is 0 Å². The number of halogens is 1. The molecular weight excluding hydrogens is 290 g/mol. The van der Waals surface area contributed by atoms with Crippen molar-refractivity contribution in [2.24, 2.45) is 0 Å². The minimum absolute atomic E-state index is 0.712. The molecule has 0 amide bonds. The molecule has 1 N–H and O–H groups in total. The normalized spacial score (nSPS) is 10.6. The van der Waals surface area contributed by atoms with Gasteiger partial charge in [0, 0.05) is 0 Å². The molecule has 0 aromatic heterocycles. The van der Waals surface area contributed by atoms with Gasteiger partial charge in [-0.25, -0.2) is 0 Å². The van der Waals surface area contributed by atoms with Crippen molar-refractivity contribution >= 4 is 15.9 Å². The van der Waals surface area contributed by atoms with Gasteiger partial charge in [0.25, 0.3) is 0 Å². The molecule has 0 spiro atoms. The van der Waals surface area contributed by atoms with E-state index in [1.807, 2.05) is 14.0 Å². The molecule has 0 aliphatic rings. The molecule has 0 radical (unpaired) electrons. The highest BCUT2D eigenvalue weighted by Gasteiger charge is 2.02. The summed E-state index contributed by atoms with van der Waals surface area (Å²) in [6.45, 7) is 3.85. The molecule has 3 heteroatoms. The molecule has 2 nitrogen and oxygen atoms in total. The molecule has 0 saturated carbocycles. The molecule has 0 heterocycles. The summed E-state index contributed by atoms with van der Waals surface area (Å²) >= 11 is 3.56. The van der Waals surface area contributed by atoms with Crippen LogP contribution >= 0.6 is 15.9 Å². The fraction of sp³-hybridized carbons (Fsp3) is 0.600. The Morgan fingerprint density at radius 2 is 1.94 bits per heavy atom. The van der Waals surface area contributed by atoms with E-state index in [9.17, 15) is 0 Å². The molecule has 0 atom stereocenters. The molecule has 0 bridgehead atoms. The molecule has 0 saturated heterocycles. The zero-order valence-electron chi connectivity index (χ0n) is 11.5. The summed E-state index contributed by atoms with van der Waals surface area (Å²) in [6.07, 6.45) is 6.34. The Kier molecular flexibility index (Phi) is 8.10. The van der Waals surface area contributed by atoms with Gasteiger partial charge < -0.3 is 10.1 Å². The lowest BCUT2D eigenvalue weighted by Gasteiger charge is -2.08. The van der Waals surface area contributed by atoms with Crippen LogP contribution in [0.2, 0.25) is 0 Å². The van der Waals surface area contributed by atoms with Crippen molar-refractivity contribution in [3.05, 3.63) is 28.2 Å². The molecule has 0 fully saturated rings. The fourth-order valence-corrected chi connectivity index (χ4v) is 2.50. The third-order valence-corrected chi connectivity index (χ3v) is 3.56. The number of rotatable bonds is 9. The molecule has 0 aliphatic heterocycles. The van der Waals surface area contributed by atoms with Crippen molar-refractivity contribution < 1.29 is 4.74 Å². The first-order valence-electron chi connectivity index (χ1n) is 6.83. The Hall–Kier alpha value is -0.540. The van der Waals surface area contributed by atoms with E-state index in [-0.39, 0.29) is 0 Å². The highest BCUT2D eigenvalue weighted by molar-refractivity contribution is 9.10. The van der Waals surface area contributed by atoms with Crippen LogP contribution in [0.3, 0.4) is 0 Å². The van der Waals surface area contributed by atoms with E-state index in [4.69, 9.17) is 4.74 Å². The largest absolute Gasteiger partial charge is 0.493 e. The lowest BCUT2D eigenvalue weighted by atomic mass is 10.1. The molecular formula is C15H24BrNO. The SMILES string of the molecule is CCOc1ccc(CCCCCCNC)cc1Br. The number of hydrogen-bond acceptors (Lipinski definition) is 2. The van der Waals surface area contributed by atoms with Crippen molar-refractivity contribution in [2.75, 3.05) is 20.2 Å². The monoisotopic (exact) mass is 313 g/mol. The molecule has 0 aliphatic carbocycles. The standard InChI is InChI=1S/C15H24BrNO/c1-3-18-15-10-9-13(12-14(15)16)8-6-4-5-7-11-17-2/h9-10,12,17H,3-8,11H2,1-2H3. The molecule has 1 aromatic carbocycles. The third-order valence-electron chi connectivity index (χ3n) is 2.94. The van der Waals surface area contributed by atoms with Gasteiger partial charge in [-0.05, 0) is 73.4 Å². The Labute approximate surface area is 119 Å². The number of nitrogens with one attached hydrogen (secondary N) is 1. The Balaban J connectivity index is 2.28. The summed E-state index contributed by atoms with van der Waals surface area (Å²) < 4.78 is 6.57. The van der Waals surface area contributed by atoms with Crippen molar-refractivity contribution in [2.45, 2.75) is 39.0 Å². The molecule has 0 unspecified atom stereocenters. The second-order valence-electron chi connectivity index (χ2n) is 4.47. The van der Waals surface area contributed by atoms with E-state index in [1.54, 1.807) is 0 Å². The second-order valence-corrected chi connectivity index (χ2v) is 5.32. The Bertz CT molecular complexity index is 341. The number of unbranched alkanes of at least 4 members (excludes halogenated alkanes) is 3. The van der Waals surface area contributed by atoms with Crippen molar-refractivity contribution in [1.82, 2.24) is 5.32 Å². The number of hydrogen-bond donors (Lipinski definition) is 1. The van der Waals surface area contributed by atoms with Crippen LogP contribution < -0.4 is 10.1 Å². The van der Waals surface area contributed by atoms with Gasteiger partial charge in [-0.1, -0.05) is 18.9 Å². The summed E-state index contributed by atoms with van der Waals surface area (Å²) in [5, 5.41) is 3.18. The maximum Gasteiger partial charge on any atom is 0.133 e. The van der Waals surface area contributed by atoms with Gasteiger partial charge in [-0.15, -0.1) is 0 Å². The lowest BCUT2D eigenvalue weighted by molar-refractivity contribution is 0.338. The van der Waals surface area contributed by atoms with Crippen LogP contribution in [0.15, 0.2) is 22.7 Å². The van der Waals surface area contributed by atoms with Crippen molar-refractivity contribution in [3.8, 4) is 5.75 Å². The molecule has 102 valence electrons. The van der Waals surface area contributed by atoms with E-state index >= 15 is 0 Å². The smallest absolute Gasteiger partial charge is 0.133 e. The fourth-order valence-electron chi connectivity index (χ4n) is 1.96. The van der Waals surface area contributed by atoms with Crippen LogP contribution in [0.5, 0.6) is 5.75 Å². The average molecular weight is 314 g/mol. The average Bonchev–Trinajstić information content (AvgIpc) is 2.37. The van der Waals surface area contributed by atoms with Gasteiger partial charge in [-0.3, -0.25) is 0 Å². The summed E-state index contributed by atoms with van der Waals surface area (Å²) in [6, 6.07) is 6.41. The predicted octanol–water partition coefficient (Wildman–Crippen LogP) is 4.17. The van der Waals surface area contributed by atoms with Gasteiger partial charge in [0.2, 0.25) is 0 Å². The lowest BCUT2D eigenvalue weighted by Crippen LogP contribution is -2.06. The summed E-state index contributed by atoms with van der Waals surface area (Å²) in [5.74, 6) is 0.940. The zero-order valence-corrected chi connectivity index (χ0v) is 13.1. The van der Waals surface area contributed by atoms with Gasteiger partial charge >= 0.3 is 0 Å². The van der Waals surface area contributed by atoms with Gasteiger partial charge in [0.1, 0.15) is 5.75 Å². The molecule has 1 rings (SSSR count). The van der Waals surface area contributed by atoms with Gasteiger partial charge in [0.15, 0.2) is 0 Å². The Morgan fingerprint density at radius 1 is 1.17 bits per heavy atom. The van der Waals surface area contributed by atoms with Gasteiger partial charge in [0.05, 0.1) is 11.1 Å². The van der Waals surface area contributed by atoms with Crippen LogP contribution in [0, 0.1) is 0 Å². The van der Waals surface area contributed by atoms with Crippen LogP contribution in [0.4, 0.5) is 0 Å². The zero-order chi connectivity index (χ0) is 13.2. The molecule has 1 aromatic rings. The van der Waals surface area contributed by atoms with Crippen LogP contribution in [0.1, 0.15) is 38.2 Å². The van der Waals surface area contributed by atoms with E-state index < -0.39 is 0 Å². The predicted molar refractivity (Wildman–Crippen MR) is 81.4 cm³/mol. The maximum absolute atomic E-state index is 5.51. The van der Waals surface area contributed by atoms with E-state index in [0.29, 0.717) is 6.61 Å². The highest BCUT2D eigenvalue weighted by Crippen LogP contribution is 2.26. The summed E-state index contributed by atoms with van der Waals surface area (Å²) in [7, 11) is 2.01. The minimum atomic E-state index is 0.712. The van der Waals surface area contributed by atoms with E-state index in [2.05, 4.69) is 39.4 Å². The first-order valence-corrected chi connectivity index (χ1v) is 7.63. The number of aryl methyl sites for hydroxylation is 1. The van der Waals surface area contributed by atoms with Crippen molar-refractivity contribution in [3.63, 3.8) is 0 Å². The quantitative estimate of drug-likeness (QED) is 0.691. The van der Waals surface area contributed by atoms with Crippen LogP contribution in [-0.2, 0) is 6.42 Å². The van der Waals surface area contributed by atoms with E-state index in [1.165, 1.54) is 31.2 Å². The number of benzene rings is 1. The first kappa shape index (κ1) is 15.5. The van der Waals surface area contributed by atoms with E-state index in [0.717, 1.165) is 23.2 Å². The summed E-state index contributed by atoms with van der Waals surface area (Å²) in [5.41, 5.74) is 1.39. The molecule has 18 heavy (non-hydrogen) atoms.